The molecule has 0 amide bonds. The number of rotatable bonds is 3. The molecule has 1 aromatic carbocycles. The predicted molar refractivity (Wildman–Crippen MR) is 66.0 cm³/mol. The molecule has 0 aliphatic rings. The molecule has 0 unspecified atom stereocenters. The summed E-state index contributed by atoms with van der Waals surface area (Å²) in [4.78, 5) is 0.174. The molecule has 0 atom stereocenters. The van der Waals surface area contributed by atoms with Gasteiger partial charge in [0.15, 0.2) is 21.4 Å². The summed E-state index contributed by atoms with van der Waals surface area (Å²) in [6.45, 7) is 0. The molecule has 18 heavy (non-hydrogen) atoms. The second-order valence-corrected chi connectivity index (χ2v) is 5.77. The number of nitrogen functional groups attached to an aromatic ring is 1. The van der Waals surface area contributed by atoms with Gasteiger partial charge in [-0.2, -0.15) is 0 Å². The molecule has 2 aromatic rings. The first-order chi connectivity index (χ1) is 8.41. The summed E-state index contributed by atoms with van der Waals surface area (Å²) in [6.07, 6.45) is 1.13. The average molecular weight is 268 g/mol. The van der Waals surface area contributed by atoms with Crippen molar-refractivity contribution in [1.29, 1.82) is 0 Å². The Morgan fingerprint density at radius 2 is 2.06 bits per heavy atom. The highest BCUT2D eigenvalue weighted by Crippen LogP contribution is 2.32. The fraction of sp³-hybridized carbons (Fsp3) is 0.182. The van der Waals surface area contributed by atoms with Crippen LogP contribution >= 0.6 is 0 Å². The van der Waals surface area contributed by atoms with Crippen molar-refractivity contribution in [1.82, 2.24) is 5.16 Å². The van der Waals surface area contributed by atoms with Gasteiger partial charge in [0.2, 0.25) is 0 Å². The van der Waals surface area contributed by atoms with Crippen LogP contribution in [0.4, 0.5) is 5.82 Å². The zero-order valence-corrected chi connectivity index (χ0v) is 10.7. The molecule has 1 heterocycles. The van der Waals surface area contributed by atoms with E-state index in [0.717, 1.165) is 6.26 Å². The maximum atomic E-state index is 11.5. The van der Waals surface area contributed by atoms with E-state index in [1.54, 1.807) is 6.07 Å². The first kappa shape index (κ1) is 12.4. The molecule has 0 bridgehead atoms. The Morgan fingerprint density at radius 3 is 2.56 bits per heavy atom. The van der Waals surface area contributed by atoms with Crippen LogP contribution in [-0.2, 0) is 9.84 Å². The minimum atomic E-state index is -3.30. The van der Waals surface area contributed by atoms with Gasteiger partial charge in [0.05, 0.1) is 17.6 Å². The van der Waals surface area contributed by atoms with Gasteiger partial charge in [0.1, 0.15) is 5.75 Å². The van der Waals surface area contributed by atoms with Crippen LogP contribution in [0.25, 0.3) is 11.3 Å². The lowest BCUT2D eigenvalue weighted by atomic mass is 10.1. The Kier molecular flexibility index (Phi) is 3.00. The zero-order chi connectivity index (χ0) is 13.3. The third-order valence-electron chi connectivity index (χ3n) is 2.39. The quantitative estimate of drug-likeness (QED) is 0.902. The van der Waals surface area contributed by atoms with Crippen molar-refractivity contribution >= 4 is 15.7 Å². The smallest absolute Gasteiger partial charge is 0.175 e. The first-order valence-corrected chi connectivity index (χ1v) is 6.91. The summed E-state index contributed by atoms with van der Waals surface area (Å²) < 4.78 is 33.2. The van der Waals surface area contributed by atoms with Gasteiger partial charge in [-0.05, 0) is 18.2 Å². The molecular weight excluding hydrogens is 256 g/mol. The second-order valence-electron chi connectivity index (χ2n) is 3.75. The molecule has 0 saturated heterocycles. The number of methoxy groups -OCH3 is 1. The SMILES string of the molecule is COc1ccc(S(C)(=O)=O)cc1-c1cc(N)no1. The lowest BCUT2D eigenvalue weighted by molar-refractivity contribution is 0.406. The lowest BCUT2D eigenvalue weighted by Crippen LogP contribution is -1.98. The third kappa shape index (κ3) is 2.30. The Hall–Kier alpha value is -2.02. The standard InChI is InChI=1S/C11H12N2O4S/c1-16-9-4-3-7(18(2,14)15)5-8(9)10-6-11(12)13-17-10/h3-6H,1-2H3,(H2,12,13). The van der Waals surface area contributed by atoms with Gasteiger partial charge in [-0.3, -0.25) is 0 Å². The van der Waals surface area contributed by atoms with Crippen LogP contribution in [0, 0.1) is 0 Å². The lowest BCUT2D eigenvalue weighted by Gasteiger charge is -2.07. The highest BCUT2D eigenvalue weighted by molar-refractivity contribution is 7.90. The van der Waals surface area contributed by atoms with Gasteiger partial charge < -0.3 is 15.0 Å². The van der Waals surface area contributed by atoms with Gasteiger partial charge in [0.25, 0.3) is 0 Å². The van der Waals surface area contributed by atoms with Crippen LogP contribution in [0.15, 0.2) is 33.7 Å². The number of sulfone groups is 1. The van der Waals surface area contributed by atoms with Crippen LogP contribution in [0.3, 0.4) is 0 Å². The van der Waals surface area contributed by atoms with Crippen molar-refractivity contribution in [3.63, 3.8) is 0 Å². The molecule has 2 N–H and O–H groups in total. The van der Waals surface area contributed by atoms with Gasteiger partial charge in [-0.25, -0.2) is 8.42 Å². The first-order valence-electron chi connectivity index (χ1n) is 5.02. The third-order valence-corrected chi connectivity index (χ3v) is 3.50. The fourth-order valence-electron chi connectivity index (χ4n) is 1.53. The van der Waals surface area contributed by atoms with E-state index in [4.69, 9.17) is 15.0 Å². The van der Waals surface area contributed by atoms with Crippen molar-refractivity contribution in [3.05, 3.63) is 24.3 Å². The Balaban J connectivity index is 2.63. The maximum Gasteiger partial charge on any atom is 0.175 e. The average Bonchev–Trinajstić information content (AvgIpc) is 2.73. The van der Waals surface area contributed by atoms with Crippen molar-refractivity contribution in [2.75, 3.05) is 19.1 Å². The van der Waals surface area contributed by atoms with Gasteiger partial charge in [-0.1, -0.05) is 5.16 Å². The zero-order valence-electron chi connectivity index (χ0n) is 9.88. The van der Waals surface area contributed by atoms with Crippen molar-refractivity contribution in [2.45, 2.75) is 4.90 Å². The number of nitrogens with two attached hydrogens (primary N) is 1. The van der Waals surface area contributed by atoms with Crippen molar-refractivity contribution < 1.29 is 17.7 Å². The number of hydrogen-bond donors (Lipinski definition) is 1. The largest absolute Gasteiger partial charge is 0.496 e. The van der Waals surface area contributed by atoms with Crippen molar-refractivity contribution in [2.24, 2.45) is 0 Å². The molecule has 7 heteroatoms. The van der Waals surface area contributed by atoms with E-state index in [2.05, 4.69) is 5.16 Å². The Labute approximate surface area is 104 Å². The van der Waals surface area contributed by atoms with Crippen LogP contribution in [0.1, 0.15) is 0 Å². The maximum absolute atomic E-state index is 11.5. The number of aromatic nitrogens is 1. The highest BCUT2D eigenvalue weighted by atomic mass is 32.2. The minimum Gasteiger partial charge on any atom is -0.496 e. The van der Waals surface area contributed by atoms with Crippen LogP contribution < -0.4 is 10.5 Å². The summed E-state index contributed by atoms with van der Waals surface area (Å²) in [7, 11) is -1.82. The number of ether oxygens (including phenoxy) is 1. The fourth-order valence-corrected chi connectivity index (χ4v) is 2.17. The molecule has 0 spiro atoms. The molecule has 0 radical (unpaired) electrons. The minimum absolute atomic E-state index is 0.174. The summed E-state index contributed by atoms with van der Waals surface area (Å²) in [5.74, 6) is 1.06. The normalized spacial score (nSPS) is 11.4. The molecule has 96 valence electrons. The monoisotopic (exact) mass is 268 g/mol. The van der Waals surface area contributed by atoms with Crippen LogP contribution in [0.2, 0.25) is 0 Å². The molecule has 0 fully saturated rings. The predicted octanol–water partition coefficient (Wildman–Crippen LogP) is 1.34. The van der Waals surface area contributed by atoms with Crippen LogP contribution in [0.5, 0.6) is 5.75 Å². The van der Waals surface area contributed by atoms with E-state index in [1.165, 1.54) is 25.3 Å². The molecule has 2 rings (SSSR count). The van der Waals surface area contributed by atoms with E-state index in [0.29, 0.717) is 17.1 Å². The number of benzene rings is 1. The summed E-state index contributed by atoms with van der Waals surface area (Å²) in [5.41, 5.74) is 5.96. The second kappa shape index (κ2) is 4.34. The van der Waals surface area contributed by atoms with Gasteiger partial charge >= 0.3 is 0 Å². The molecule has 1 aromatic heterocycles. The van der Waals surface area contributed by atoms with E-state index in [1.807, 2.05) is 0 Å². The van der Waals surface area contributed by atoms with E-state index in [-0.39, 0.29) is 10.7 Å². The molecule has 0 saturated carbocycles. The molecule has 0 aliphatic heterocycles. The molecule has 6 nitrogen and oxygen atoms in total. The van der Waals surface area contributed by atoms with Crippen molar-refractivity contribution in [3.8, 4) is 17.1 Å². The Bertz CT molecular complexity index is 676. The summed E-state index contributed by atoms with van der Waals surface area (Å²) >= 11 is 0. The van der Waals surface area contributed by atoms with E-state index >= 15 is 0 Å². The molecular formula is C11H12N2O4S. The van der Waals surface area contributed by atoms with Crippen LogP contribution in [-0.4, -0.2) is 26.9 Å². The Morgan fingerprint density at radius 1 is 1.33 bits per heavy atom. The number of anilines is 1. The molecule has 0 aliphatic carbocycles. The topological polar surface area (TPSA) is 95.4 Å². The van der Waals surface area contributed by atoms with E-state index in [9.17, 15) is 8.42 Å². The van der Waals surface area contributed by atoms with Gasteiger partial charge in [0, 0.05) is 12.3 Å². The summed E-state index contributed by atoms with van der Waals surface area (Å²) in [5, 5.41) is 3.56. The summed E-state index contributed by atoms with van der Waals surface area (Å²) in [6, 6.07) is 6.00. The highest BCUT2D eigenvalue weighted by Gasteiger charge is 2.15. The number of nitrogens with zero attached hydrogens (tertiary/aromatic N) is 1. The van der Waals surface area contributed by atoms with Gasteiger partial charge in [-0.15, -0.1) is 0 Å². The van der Waals surface area contributed by atoms with E-state index < -0.39 is 9.84 Å². The number of hydrogen-bond acceptors (Lipinski definition) is 6.